The Labute approximate surface area is 109 Å². The van der Waals surface area contributed by atoms with Crippen molar-refractivity contribution >= 4 is 23.2 Å². The summed E-state index contributed by atoms with van der Waals surface area (Å²) < 4.78 is 0. The number of amides is 1. The molecule has 0 saturated heterocycles. The monoisotopic (exact) mass is 268 g/mol. The smallest absolute Gasteiger partial charge is 0.270 e. The van der Waals surface area contributed by atoms with Crippen LogP contribution in [0.2, 0.25) is 5.02 Å². The van der Waals surface area contributed by atoms with E-state index in [0.717, 1.165) is 12.3 Å². The molecule has 96 valence electrons. The van der Waals surface area contributed by atoms with Gasteiger partial charge in [0.1, 0.15) is 0 Å². The predicted octanol–water partition coefficient (Wildman–Crippen LogP) is 2.78. The second-order valence-electron chi connectivity index (χ2n) is 4.41. The summed E-state index contributed by atoms with van der Waals surface area (Å²) in [5.74, 6) is 0.371. The van der Waals surface area contributed by atoms with Gasteiger partial charge in [0.05, 0.1) is 15.5 Å². The number of benzene rings is 1. The van der Waals surface area contributed by atoms with Gasteiger partial charge in [0, 0.05) is 18.7 Å². The fourth-order valence-corrected chi connectivity index (χ4v) is 1.90. The van der Waals surface area contributed by atoms with Crippen molar-refractivity contribution in [3.05, 3.63) is 38.9 Å². The molecule has 1 aromatic carbocycles. The fourth-order valence-electron chi connectivity index (χ4n) is 1.69. The molecule has 0 spiro atoms. The molecule has 1 amide bonds. The Hall–Kier alpha value is -1.62. The van der Waals surface area contributed by atoms with Gasteiger partial charge in [-0.3, -0.25) is 14.9 Å². The number of nitrogens with one attached hydrogen (secondary N) is 1. The lowest BCUT2D eigenvalue weighted by atomic mass is 10.2. The average Bonchev–Trinajstić information content (AvgIpc) is 3.13. The first-order valence-corrected chi connectivity index (χ1v) is 6.18. The number of carbonyl (C=O) groups is 1. The molecule has 0 bridgehead atoms. The molecule has 0 heterocycles. The molecule has 1 aliphatic carbocycles. The van der Waals surface area contributed by atoms with Crippen LogP contribution in [0.5, 0.6) is 0 Å². The fraction of sp³-hybridized carbons (Fsp3) is 0.417. The van der Waals surface area contributed by atoms with Crippen LogP contribution in [0.15, 0.2) is 18.2 Å². The molecule has 0 aromatic heterocycles. The molecule has 1 fully saturated rings. The molecule has 1 aromatic rings. The molecule has 6 heteroatoms. The number of halogens is 1. The van der Waals surface area contributed by atoms with E-state index in [9.17, 15) is 14.9 Å². The Morgan fingerprint density at radius 1 is 1.50 bits per heavy atom. The summed E-state index contributed by atoms with van der Waals surface area (Å²) in [5.41, 5.74) is 0.0217. The summed E-state index contributed by atoms with van der Waals surface area (Å²) >= 11 is 5.87. The molecule has 18 heavy (non-hydrogen) atoms. The minimum Gasteiger partial charge on any atom is -0.352 e. The minimum absolute atomic E-state index is 0.133. The highest BCUT2D eigenvalue weighted by Crippen LogP contribution is 2.31. The lowest BCUT2D eigenvalue weighted by Crippen LogP contribution is -2.25. The highest BCUT2D eigenvalue weighted by atomic mass is 35.5. The van der Waals surface area contributed by atoms with Crippen LogP contribution in [0.4, 0.5) is 5.69 Å². The Morgan fingerprint density at radius 3 is 2.83 bits per heavy atom. The number of rotatable bonds is 5. The number of hydrogen-bond acceptors (Lipinski definition) is 3. The number of carbonyl (C=O) groups excluding carboxylic acids is 1. The maximum atomic E-state index is 11.8. The van der Waals surface area contributed by atoms with Gasteiger partial charge < -0.3 is 5.32 Å². The number of hydrogen-bond donors (Lipinski definition) is 1. The van der Waals surface area contributed by atoms with Crippen molar-refractivity contribution in [3.63, 3.8) is 0 Å². The van der Waals surface area contributed by atoms with Gasteiger partial charge >= 0.3 is 0 Å². The SMILES string of the molecule is O=C(NCCC1CC1)c1cc([N+](=O)[O-])ccc1Cl. The van der Waals surface area contributed by atoms with Crippen LogP contribution in [-0.4, -0.2) is 17.4 Å². The Balaban J connectivity index is 2.02. The predicted molar refractivity (Wildman–Crippen MR) is 67.8 cm³/mol. The van der Waals surface area contributed by atoms with Crippen molar-refractivity contribution in [1.29, 1.82) is 0 Å². The van der Waals surface area contributed by atoms with E-state index in [4.69, 9.17) is 11.6 Å². The van der Waals surface area contributed by atoms with Crippen molar-refractivity contribution in [1.82, 2.24) is 5.32 Å². The zero-order valence-corrected chi connectivity index (χ0v) is 10.4. The number of nitro groups is 1. The van der Waals surface area contributed by atoms with Gasteiger partial charge in [0.2, 0.25) is 0 Å². The second-order valence-corrected chi connectivity index (χ2v) is 4.82. The average molecular weight is 269 g/mol. The van der Waals surface area contributed by atoms with Gasteiger partial charge in [-0.25, -0.2) is 0 Å². The van der Waals surface area contributed by atoms with Crippen molar-refractivity contribution in [2.75, 3.05) is 6.54 Å². The van der Waals surface area contributed by atoms with Crippen LogP contribution in [-0.2, 0) is 0 Å². The topological polar surface area (TPSA) is 72.2 Å². The van der Waals surface area contributed by atoms with Gasteiger partial charge in [0.15, 0.2) is 0 Å². The summed E-state index contributed by atoms with van der Waals surface area (Å²) in [4.78, 5) is 21.9. The van der Waals surface area contributed by atoms with Gasteiger partial charge in [-0.1, -0.05) is 24.4 Å². The van der Waals surface area contributed by atoms with Crippen LogP contribution >= 0.6 is 11.6 Å². The largest absolute Gasteiger partial charge is 0.352 e. The van der Waals surface area contributed by atoms with Crippen molar-refractivity contribution < 1.29 is 9.72 Å². The zero-order chi connectivity index (χ0) is 13.1. The minimum atomic E-state index is -0.544. The van der Waals surface area contributed by atoms with E-state index in [0.29, 0.717) is 6.54 Å². The molecule has 0 atom stereocenters. The Kier molecular flexibility index (Phi) is 3.81. The van der Waals surface area contributed by atoms with E-state index in [-0.39, 0.29) is 22.2 Å². The first-order chi connectivity index (χ1) is 8.58. The molecule has 5 nitrogen and oxygen atoms in total. The maximum Gasteiger partial charge on any atom is 0.270 e. The number of non-ortho nitro benzene ring substituents is 1. The molecule has 2 rings (SSSR count). The summed E-state index contributed by atoms with van der Waals surface area (Å²) in [6, 6.07) is 3.85. The van der Waals surface area contributed by atoms with Gasteiger partial charge in [-0.2, -0.15) is 0 Å². The van der Waals surface area contributed by atoms with E-state index in [2.05, 4.69) is 5.32 Å². The molecule has 1 N–H and O–H groups in total. The second kappa shape index (κ2) is 5.35. The van der Waals surface area contributed by atoms with Gasteiger partial charge in [0.25, 0.3) is 11.6 Å². The molecule has 1 aliphatic rings. The first kappa shape index (κ1) is 12.8. The summed E-state index contributed by atoms with van der Waals surface area (Å²) in [7, 11) is 0. The molecule has 0 unspecified atom stereocenters. The van der Waals surface area contributed by atoms with Crippen LogP contribution in [0, 0.1) is 16.0 Å². The summed E-state index contributed by atoms with van der Waals surface area (Å²) in [6.07, 6.45) is 3.42. The van der Waals surface area contributed by atoms with Crippen LogP contribution < -0.4 is 5.32 Å². The third-order valence-electron chi connectivity index (χ3n) is 2.94. The standard InChI is InChI=1S/C12H13ClN2O3/c13-11-4-3-9(15(17)18)7-10(11)12(16)14-6-5-8-1-2-8/h3-4,7-8H,1-2,5-6H2,(H,14,16). The van der Waals surface area contributed by atoms with E-state index >= 15 is 0 Å². The molecule has 0 aliphatic heterocycles. The molecule has 0 radical (unpaired) electrons. The molecule has 1 saturated carbocycles. The highest BCUT2D eigenvalue weighted by molar-refractivity contribution is 6.33. The van der Waals surface area contributed by atoms with E-state index in [1.807, 2.05) is 0 Å². The molecular weight excluding hydrogens is 256 g/mol. The van der Waals surface area contributed by atoms with E-state index < -0.39 is 4.92 Å². The third-order valence-corrected chi connectivity index (χ3v) is 3.27. The maximum absolute atomic E-state index is 11.8. The van der Waals surface area contributed by atoms with Crippen LogP contribution in [0.3, 0.4) is 0 Å². The first-order valence-electron chi connectivity index (χ1n) is 5.80. The van der Waals surface area contributed by atoms with Crippen LogP contribution in [0.25, 0.3) is 0 Å². The van der Waals surface area contributed by atoms with E-state index in [1.54, 1.807) is 0 Å². The van der Waals surface area contributed by atoms with Crippen molar-refractivity contribution in [2.45, 2.75) is 19.3 Å². The normalized spacial score (nSPS) is 14.3. The zero-order valence-electron chi connectivity index (χ0n) is 9.69. The third kappa shape index (κ3) is 3.20. The van der Waals surface area contributed by atoms with E-state index in [1.165, 1.54) is 31.0 Å². The number of nitro benzene ring substituents is 1. The number of nitrogens with zero attached hydrogens (tertiary/aromatic N) is 1. The van der Waals surface area contributed by atoms with Gasteiger partial charge in [-0.15, -0.1) is 0 Å². The summed E-state index contributed by atoms with van der Waals surface area (Å²) in [6.45, 7) is 0.586. The highest BCUT2D eigenvalue weighted by Gasteiger charge is 2.21. The van der Waals surface area contributed by atoms with Crippen LogP contribution in [0.1, 0.15) is 29.6 Å². The van der Waals surface area contributed by atoms with Crippen molar-refractivity contribution in [2.24, 2.45) is 5.92 Å². The van der Waals surface area contributed by atoms with Crippen molar-refractivity contribution in [3.8, 4) is 0 Å². The Bertz CT molecular complexity index is 486. The Morgan fingerprint density at radius 2 is 2.22 bits per heavy atom. The lowest BCUT2D eigenvalue weighted by molar-refractivity contribution is -0.384. The van der Waals surface area contributed by atoms with Gasteiger partial charge in [-0.05, 0) is 18.4 Å². The quantitative estimate of drug-likeness (QED) is 0.659. The summed E-state index contributed by atoms with van der Waals surface area (Å²) in [5, 5.41) is 13.6. The lowest BCUT2D eigenvalue weighted by Gasteiger charge is -2.06. The molecular formula is C12H13ClN2O3.